The van der Waals surface area contributed by atoms with Crippen molar-refractivity contribution in [3.63, 3.8) is 0 Å². The van der Waals surface area contributed by atoms with E-state index in [9.17, 15) is 4.79 Å². The number of likely N-dealkylation sites (N-methyl/N-ethyl adjacent to an activating group) is 2. The summed E-state index contributed by atoms with van der Waals surface area (Å²) in [6.07, 6.45) is 10.5. The number of amides is 1. The number of hydrogen-bond acceptors (Lipinski definition) is 10. The van der Waals surface area contributed by atoms with Gasteiger partial charge in [0.15, 0.2) is 17.4 Å². The highest BCUT2D eigenvalue weighted by Crippen LogP contribution is 2.35. The average molecular weight is 594 g/mol. The number of anilines is 3. The molecule has 226 valence electrons. The van der Waals surface area contributed by atoms with Crippen molar-refractivity contribution in [2.45, 2.75) is 19.9 Å². The van der Waals surface area contributed by atoms with Crippen molar-refractivity contribution in [1.29, 1.82) is 0 Å². The average Bonchev–Trinajstić information content (AvgIpc) is 3.40. The number of ether oxygens (including phenoxy) is 2. The number of aryl methyl sites for hydroxylation is 1. The molecular formula is C32H35N9O3. The molecule has 1 aliphatic rings. The van der Waals surface area contributed by atoms with E-state index in [4.69, 9.17) is 14.5 Å². The van der Waals surface area contributed by atoms with Crippen LogP contribution >= 0.6 is 0 Å². The van der Waals surface area contributed by atoms with Gasteiger partial charge in [0.1, 0.15) is 35.6 Å². The molecule has 0 saturated carbocycles. The highest BCUT2D eigenvalue weighted by Gasteiger charge is 2.26. The van der Waals surface area contributed by atoms with Crippen LogP contribution in [0.1, 0.15) is 12.5 Å². The number of carbonyl (C=O) groups excluding carboxylic acids is 1. The van der Waals surface area contributed by atoms with E-state index in [1.54, 1.807) is 12.3 Å². The van der Waals surface area contributed by atoms with E-state index in [-0.39, 0.29) is 11.9 Å². The lowest BCUT2D eigenvalue weighted by Crippen LogP contribution is -2.45. The van der Waals surface area contributed by atoms with Crippen molar-refractivity contribution in [3.8, 4) is 17.2 Å². The van der Waals surface area contributed by atoms with Gasteiger partial charge in [0.25, 0.3) is 0 Å². The van der Waals surface area contributed by atoms with Crippen molar-refractivity contribution in [2.24, 2.45) is 0 Å². The molecule has 1 atom stereocenters. The summed E-state index contributed by atoms with van der Waals surface area (Å²) >= 11 is 0. The summed E-state index contributed by atoms with van der Waals surface area (Å²) in [6.45, 7) is 6.30. The van der Waals surface area contributed by atoms with Crippen LogP contribution in [0.5, 0.6) is 17.2 Å². The van der Waals surface area contributed by atoms with Crippen LogP contribution in [-0.4, -0.2) is 81.5 Å². The molecule has 12 heteroatoms. The summed E-state index contributed by atoms with van der Waals surface area (Å²) in [6, 6.07) is 11.3. The molecule has 2 N–H and O–H groups in total. The van der Waals surface area contributed by atoms with E-state index < -0.39 is 0 Å². The Morgan fingerprint density at radius 1 is 1.16 bits per heavy atom. The summed E-state index contributed by atoms with van der Waals surface area (Å²) in [4.78, 5) is 34.9. The van der Waals surface area contributed by atoms with Gasteiger partial charge in [-0.2, -0.15) is 0 Å². The van der Waals surface area contributed by atoms with Gasteiger partial charge in [-0.05, 0) is 57.8 Å². The van der Waals surface area contributed by atoms with Crippen molar-refractivity contribution in [3.05, 3.63) is 79.0 Å². The van der Waals surface area contributed by atoms with Gasteiger partial charge in [-0.3, -0.25) is 4.79 Å². The molecule has 44 heavy (non-hydrogen) atoms. The Morgan fingerprint density at radius 2 is 2.05 bits per heavy atom. The number of benzene rings is 1. The maximum atomic E-state index is 12.5. The van der Waals surface area contributed by atoms with E-state index in [1.165, 1.54) is 6.33 Å². The fraction of sp³-hybridized carbons (Fsp3) is 0.281. The first-order valence-corrected chi connectivity index (χ1v) is 14.5. The van der Waals surface area contributed by atoms with Crippen molar-refractivity contribution < 1.29 is 14.3 Å². The van der Waals surface area contributed by atoms with Gasteiger partial charge in [0, 0.05) is 62.1 Å². The van der Waals surface area contributed by atoms with Gasteiger partial charge < -0.3 is 34.3 Å². The van der Waals surface area contributed by atoms with Gasteiger partial charge >= 0.3 is 0 Å². The highest BCUT2D eigenvalue weighted by molar-refractivity contribution is 5.90. The SMILES string of the molecule is CCN1C[C@H](NC(=O)/C=C/CN(C)C)COc2cc3ncnc(Nc4ccc(Oc5ccn6ccnc6c5)c(C)c4)c3nc21. The van der Waals surface area contributed by atoms with Crippen LogP contribution in [-0.2, 0) is 4.79 Å². The minimum atomic E-state index is -0.210. The molecule has 5 heterocycles. The summed E-state index contributed by atoms with van der Waals surface area (Å²) in [7, 11) is 3.91. The first kappa shape index (κ1) is 28.9. The zero-order valence-corrected chi connectivity index (χ0v) is 25.2. The third-order valence-electron chi connectivity index (χ3n) is 7.24. The molecule has 0 unspecified atom stereocenters. The Labute approximate surface area is 255 Å². The Balaban J connectivity index is 1.20. The van der Waals surface area contributed by atoms with Gasteiger partial charge in [0.05, 0.1) is 11.6 Å². The van der Waals surface area contributed by atoms with Crippen LogP contribution in [0.15, 0.2) is 73.5 Å². The van der Waals surface area contributed by atoms with E-state index in [0.29, 0.717) is 60.4 Å². The number of imidazole rings is 1. The molecule has 0 fully saturated rings. The third kappa shape index (κ3) is 6.40. The smallest absolute Gasteiger partial charge is 0.244 e. The standard InChI is InChI=1S/C32H35N9O3/c1-5-40-18-23(36-29(42)7-6-12-39(3)4)19-43-27-17-25-30(38-32(27)40)31(35-20-34-25)37-22-8-9-26(21(2)15-22)44-24-10-13-41-14-11-33-28(41)16-24/h6-11,13-17,20,23H,5,12,18-19H2,1-4H3,(H,36,42)(H,34,35,37)/b7-6+/t23-/m0/s1. The minimum absolute atomic E-state index is 0.149. The molecule has 0 aliphatic carbocycles. The second-order valence-corrected chi connectivity index (χ2v) is 10.9. The topological polar surface area (TPSA) is 122 Å². The number of fused-ring (bicyclic) bond motifs is 3. The first-order chi connectivity index (χ1) is 21.4. The second kappa shape index (κ2) is 12.6. The number of carbonyl (C=O) groups is 1. The Morgan fingerprint density at radius 3 is 2.86 bits per heavy atom. The predicted molar refractivity (Wildman–Crippen MR) is 170 cm³/mol. The van der Waals surface area contributed by atoms with E-state index in [0.717, 1.165) is 22.6 Å². The lowest BCUT2D eigenvalue weighted by atomic mass is 10.2. The first-order valence-electron chi connectivity index (χ1n) is 14.5. The van der Waals surface area contributed by atoms with Crippen LogP contribution in [0.2, 0.25) is 0 Å². The lowest BCUT2D eigenvalue weighted by molar-refractivity contribution is -0.117. The molecular weight excluding hydrogens is 558 g/mol. The van der Waals surface area contributed by atoms with Crippen LogP contribution in [0, 0.1) is 6.92 Å². The molecule has 1 amide bonds. The van der Waals surface area contributed by atoms with E-state index in [1.807, 2.05) is 85.2 Å². The highest BCUT2D eigenvalue weighted by atomic mass is 16.5. The van der Waals surface area contributed by atoms with Gasteiger partial charge in [-0.15, -0.1) is 0 Å². The Hall–Kier alpha value is -5.23. The van der Waals surface area contributed by atoms with Crippen molar-refractivity contribution >= 4 is 39.9 Å². The molecule has 1 aromatic carbocycles. The van der Waals surface area contributed by atoms with Crippen molar-refractivity contribution in [1.82, 2.24) is 34.6 Å². The van der Waals surface area contributed by atoms with Gasteiger partial charge in [-0.25, -0.2) is 19.9 Å². The van der Waals surface area contributed by atoms with Crippen LogP contribution in [0.4, 0.5) is 17.3 Å². The Bertz CT molecular complexity index is 1840. The third-order valence-corrected chi connectivity index (χ3v) is 7.24. The van der Waals surface area contributed by atoms with E-state index >= 15 is 0 Å². The summed E-state index contributed by atoms with van der Waals surface area (Å²) in [5, 5.41) is 6.46. The zero-order chi connectivity index (χ0) is 30.6. The second-order valence-electron chi connectivity index (χ2n) is 10.9. The Kier molecular flexibility index (Phi) is 8.24. The fourth-order valence-electron chi connectivity index (χ4n) is 5.02. The van der Waals surface area contributed by atoms with Gasteiger partial charge in [-0.1, -0.05) is 6.08 Å². The maximum absolute atomic E-state index is 12.5. The maximum Gasteiger partial charge on any atom is 0.244 e. The number of nitrogens with zero attached hydrogens (tertiary/aromatic N) is 7. The number of pyridine rings is 2. The molecule has 0 spiro atoms. The van der Waals surface area contributed by atoms with E-state index in [2.05, 4.69) is 37.4 Å². The number of nitrogens with one attached hydrogen (secondary N) is 2. The number of hydrogen-bond donors (Lipinski definition) is 2. The minimum Gasteiger partial charge on any atom is -0.487 e. The molecule has 5 aromatic rings. The molecule has 0 bridgehead atoms. The summed E-state index contributed by atoms with van der Waals surface area (Å²) in [5.74, 6) is 3.19. The molecule has 6 rings (SSSR count). The summed E-state index contributed by atoms with van der Waals surface area (Å²) in [5.41, 5.74) is 3.88. The molecule has 4 aromatic heterocycles. The normalized spacial score (nSPS) is 14.9. The largest absolute Gasteiger partial charge is 0.487 e. The predicted octanol–water partition coefficient (Wildman–Crippen LogP) is 4.34. The lowest BCUT2D eigenvalue weighted by Gasteiger charge is -2.24. The zero-order valence-electron chi connectivity index (χ0n) is 25.2. The van der Waals surface area contributed by atoms with Crippen molar-refractivity contribution in [2.75, 3.05) is 50.6 Å². The summed E-state index contributed by atoms with van der Waals surface area (Å²) < 4.78 is 14.2. The monoisotopic (exact) mass is 593 g/mol. The number of aromatic nitrogens is 5. The van der Waals surface area contributed by atoms with Gasteiger partial charge in [0.2, 0.25) is 5.91 Å². The molecule has 12 nitrogen and oxygen atoms in total. The quantitative estimate of drug-likeness (QED) is 0.239. The van der Waals surface area contributed by atoms with Crippen LogP contribution in [0.25, 0.3) is 16.7 Å². The fourth-order valence-corrected chi connectivity index (χ4v) is 5.02. The van der Waals surface area contributed by atoms with Crippen LogP contribution < -0.4 is 25.0 Å². The molecule has 0 radical (unpaired) electrons. The van der Waals surface area contributed by atoms with Crippen LogP contribution in [0.3, 0.4) is 0 Å². The molecule has 0 saturated heterocycles. The number of rotatable bonds is 9. The molecule has 1 aliphatic heterocycles.